The van der Waals surface area contributed by atoms with Gasteiger partial charge < -0.3 is 10.6 Å². The number of carbonyl (C=O) groups is 1. The Morgan fingerprint density at radius 3 is 2.79 bits per heavy atom. The number of rotatable bonds is 4. The fourth-order valence-corrected chi connectivity index (χ4v) is 1.94. The molecule has 0 unspecified atom stereocenters. The van der Waals surface area contributed by atoms with Gasteiger partial charge in [-0.05, 0) is 38.5 Å². The van der Waals surface area contributed by atoms with E-state index in [9.17, 15) is 4.79 Å². The molecule has 0 fully saturated rings. The summed E-state index contributed by atoms with van der Waals surface area (Å²) in [5.74, 6) is 0.738. The van der Waals surface area contributed by atoms with Crippen molar-refractivity contribution in [1.29, 1.82) is 0 Å². The number of hydrogen-bond acceptors (Lipinski definition) is 3. The number of benzene rings is 1. The van der Waals surface area contributed by atoms with E-state index in [0.29, 0.717) is 0 Å². The number of carbonyl (C=O) groups excluding carboxylic acids is 1. The number of pyridine rings is 1. The molecule has 0 bridgehead atoms. The van der Waals surface area contributed by atoms with Gasteiger partial charge >= 0.3 is 0 Å². The first-order chi connectivity index (χ1) is 9.06. The number of nitrogens with one attached hydrogen (secondary N) is 2. The Hall–Kier alpha value is -2.10. The molecule has 0 atom stereocenters. The van der Waals surface area contributed by atoms with Crippen LogP contribution >= 0.6 is 0 Å². The minimum atomic E-state index is -0.0237. The molecule has 1 aromatic carbocycles. The van der Waals surface area contributed by atoms with Crippen molar-refractivity contribution < 1.29 is 4.79 Å². The van der Waals surface area contributed by atoms with E-state index in [1.807, 2.05) is 45.0 Å². The molecule has 0 radical (unpaired) electrons. The molecular formula is C15H19N3O. The Morgan fingerprint density at radius 1 is 1.32 bits per heavy atom. The topological polar surface area (TPSA) is 54.0 Å². The first-order valence-electron chi connectivity index (χ1n) is 6.46. The van der Waals surface area contributed by atoms with Gasteiger partial charge in [-0.3, -0.25) is 4.79 Å². The quantitative estimate of drug-likeness (QED) is 0.884. The fraction of sp³-hybridized carbons (Fsp3) is 0.333. The third kappa shape index (κ3) is 3.44. The molecule has 100 valence electrons. The van der Waals surface area contributed by atoms with Crippen molar-refractivity contribution in [3.63, 3.8) is 0 Å². The predicted molar refractivity (Wildman–Crippen MR) is 78.2 cm³/mol. The second kappa shape index (κ2) is 5.69. The summed E-state index contributed by atoms with van der Waals surface area (Å²) in [7, 11) is 0. The molecule has 0 spiro atoms. The molecule has 0 aliphatic rings. The summed E-state index contributed by atoms with van der Waals surface area (Å²) in [4.78, 5) is 16.1. The fourth-order valence-electron chi connectivity index (χ4n) is 1.94. The Bertz CT molecular complexity index is 593. The van der Waals surface area contributed by atoms with Crippen LogP contribution in [0.25, 0.3) is 10.9 Å². The molecule has 0 saturated carbocycles. The SMILES string of the molecule is Cc1cc2ccccc2nc1NCC(=O)NC(C)C. The minimum Gasteiger partial charge on any atom is -0.361 e. The Balaban J connectivity index is 2.12. The zero-order valence-corrected chi connectivity index (χ0v) is 11.5. The summed E-state index contributed by atoms with van der Waals surface area (Å²) in [5, 5.41) is 7.04. The van der Waals surface area contributed by atoms with Gasteiger partial charge in [-0.25, -0.2) is 4.98 Å². The van der Waals surface area contributed by atoms with Crippen LogP contribution in [0.4, 0.5) is 5.82 Å². The van der Waals surface area contributed by atoms with E-state index in [1.165, 1.54) is 0 Å². The maximum Gasteiger partial charge on any atom is 0.239 e. The number of anilines is 1. The van der Waals surface area contributed by atoms with Crippen LogP contribution in [0.2, 0.25) is 0 Å². The maximum absolute atomic E-state index is 11.6. The Kier molecular flexibility index (Phi) is 4.00. The highest BCUT2D eigenvalue weighted by atomic mass is 16.1. The van der Waals surface area contributed by atoms with Crippen LogP contribution in [-0.4, -0.2) is 23.5 Å². The van der Waals surface area contributed by atoms with Crippen molar-refractivity contribution in [3.05, 3.63) is 35.9 Å². The summed E-state index contributed by atoms with van der Waals surface area (Å²) in [6.07, 6.45) is 0. The molecule has 4 nitrogen and oxygen atoms in total. The van der Waals surface area contributed by atoms with Crippen molar-refractivity contribution in [2.24, 2.45) is 0 Å². The molecule has 0 saturated heterocycles. The van der Waals surface area contributed by atoms with Gasteiger partial charge in [0.15, 0.2) is 0 Å². The lowest BCUT2D eigenvalue weighted by Crippen LogP contribution is -2.35. The van der Waals surface area contributed by atoms with E-state index in [4.69, 9.17) is 0 Å². The molecule has 1 aromatic heterocycles. The van der Waals surface area contributed by atoms with E-state index in [0.717, 1.165) is 22.3 Å². The van der Waals surface area contributed by atoms with Crippen LogP contribution in [0, 0.1) is 6.92 Å². The third-order valence-corrected chi connectivity index (χ3v) is 2.78. The zero-order valence-electron chi connectivity index (χ0n) is 11.5. The number of fused-ring (bicyclic) bond motifs is 1. The van der Waals surface area contributed by atoms with Crippen LogP contribution in [-0.2, 0) is 4.79 Å². The van der Waals surface area contributed by atoms with Crippen LogP contribution in [0.3, 0.4) is 0 Å². The molecule has 2 rings (SSSR count). The second-order valence-corrected chi connectivity index (χ2v) is 4.92. The molecule has 19 heavy (non-hydrogen) atoms. The van der Waals surface area contributed by atoms with Gasteiger partial charge in [0.25, 0.3) is 0 Å². The lowest BCUT2D eigenvalue weighted by molar-refractivity contribution is -0.119. The molecular weight excluding hydrogens is 238 g/mol. The molecule has 2 N–H and O–H groups in total. The summed E-state index contributed by atoms with van der Waals surface area (Å²) >= 11 is 0. The lowest BCUT2D eigenvalue weighted by Gasteiger charge is -2.11. The number of nitrogens with zero attached hydrogens (tertiary/aromatic N) is 1. The predicted octanol–water partition coefficient (Wildman–Crippen LogP) is 2.48. The van der Waals surface area contributed by atoms with Crippen LogP contribution in [0.1, 0.15) is 19.4 Å². The normalized spacial score (nSPS) is 10.7. The first-order valence-corrected chi connectivity index (χ1v) is 6.46. The van der Waals surface area contributed by atoms with Crippen LogP contribution < -0.4 is 10.6 Å². The van der Waals surface area contributed by atoms with Gasteiger partial charge in [0.1, 0.15) is 5.82 Å². The van der Waals surface area contributed by atoms with Crippen LogP contribution in [0.15, 0.2) is 30.3 Å². The Labute approximate surface area is 113 Å². The van der Waals surface area contributed by atoms with Gasteiger partial charge in [0.2, 0.25) is 5.91 Å². The summed E-state index contributed by atoms with van der Waals surface area (Å²) in [6.45, 7) is 6.11. The van der Waals surface area contributed by atoms with Crippen molar-refractivity contribution in [2.45, 2.75) is 26.8 Å². The molecule has 0 aliphatic heterocycles. The molecule has 1 heterocycles. The van der Waals surface area contributed by atoms with Crippen molar-refractivity contribution >= 4 is 22.6 Å². The summed E-state index contributed by atoms with van der Waals surface area (Å²) < 4.78 is 0. The number of aryl methyl sites for hydroxylation is 1. The second-order valence-electron chi connectivity index (χ2n) is 4.92. The molecule has 0 aliphatic carbocycles. The number of hydrogen-bond donors (Lipinski definition) is 2. The monoisotopic (exact) mass is 257 g/mol. The van der Waals surface area contributed by atoms with Gasteiger partial charge in [-0.15, -0.1) is 0 Å². The molecule has 4 heteroatoms. The zero-order chi connectivity index (χ0) is 13.8. The van der Waals surface area contributed by atoms with Crippen LogP contribution in [0.5, 0.6) is 0 Å². The van der Waals surface area contributed by atoms with E-state index in [-0.39, 0.29) is 18.5 Å². The average Bonchev–Trinajstić information content (AvgIpc) is 2.35. The molecule has 2 aromatic rings. The van der Waals surface area contributed by atoms with E-state index in [1.54, 1.807) is 0 Å². The minimum absolute atomic E-state index is 0.0237. The first kappa shape index (κ1) is 13.3. The standard InChI is InChI=1S/C15H19N3O/c1-10(2)17-14(19)9-16-15-11(3)8-12-6-4-5-7-13(12)18-15/h4-8,10H,9H2,1-3H3,(H,16,18)(H,17,19). The van der Waals surface area contributed by atoms with Gasteiger partial charge in [-0.1, -0.05) is 18.2 Å². The smallest absolute Gasteiger partial charge is 0.239 e. The highest BCUT2D eigenvalue weighted by molar-refractivity contribution is 5.84. The van der Waals surface area contributed by atoms with Crippen molar-refractivity contribution in [3.8, 4) is 0 Å². The van der Waals surface area contributed by atoms with E-state index >= 15 is 0 Å². The molecule has 1 amide bonds. The number of para-hydroxylation sites is 1. The lowest BCUT2D eigenvalue weighted by atomic mass is 10.1. The average molecular weight is 257 g/mol. The third-order valence-electron chi connectivity index (χ3n) is 2.78. The number of amides is 1. The Morgan fingerprint density at radius 2 is 2.05 bits per heavy atom. The van der Waals surface area contributed by atoms with Crippen molar-refractivity contribution in [2.75, 3.05) is 11.9 Å². The van der Waals surface area contributed by atoms with Crippen molar-refractivity contribution in [1.82, 2.24) is 10.3 Å². The highest BCUT2D eigenvalue weighted by Gasteiger charge is 2.06. The van der Waals surface area contributed by atoms with Gasteiger partial charge in [0, 0.05) is 11.4 Å². The highest BCUT2D eigenvalue weighted by Crippen LogP contribution is 2.19. The summed E-state index contributed by atoms with van der Waals surface area (Å²) in [5.41, 5.74) is 1.97. The van der Waals surface area contributed by atoms with Gasteiger partial charge in [0.05, 0.1) is 12.1 Å². The maximum atomic E-state index is 11.6. The summed E-state index contributed by atoms with van der Waals surface area (Å²) in [6, 6.07) is 10.2. The van der Waals surface area contributed by atoms with Gasteiger partial charge in [-0.2, -0.15) is 0 Å². The van der Waals surface area contributed by atoms with E-state index in [2.05, 4.69) is 21.7 Å². The number of aromatic nitrogens is 1. The van der Waals surface area contributed by atoms with E-state index < -0.39 is 0 Å². The largest absolute Gasteiger partial charge is 0.361 e.